The molecule has 0 aliphatic heterocycles. The summed E-state index contributed by atoms with van der Waals surface area (Å²) in [6.45, 7) is 0. The van der Waals surface area contributed by atoms with E-state index in [2.05, 4.69) is 4.98 Å². The molecule has 0 saturated carbocycles. The lowest BCUT2D eigenvalue weighted by molar-refractivity contribution is 0.0691. The Labute approximate surface area is 111 Å². The smallest absolute Gasteiger partial charge is 0.356 e. The fraction of sp³-hybridized carbons (Fsp3) is 0.143. The molecule has 0 aliphatic carbocycles. The quantitative estimate of drug-likeness (QED) is 0.913. The van der Waals surface area contributed by atoms with Gasteiger partial charge < -0.3 is 14.7 Å². The minimum absolute atomic E-state index is 0.0211. The van der Waals surface area contributed by atoms with E-state index < -0.39 is 5.97 Å². The van der Waals surface area contributed by atoms with Crippen LogP contribution in [0.3, 0.4) is 0 Å². The number of anilines is 2. The summed E-state index contributed by atoms with van der Waals surface area (Å²) in [6.07, 6.45) is 1.46. The molecule has 2 rings (SSSR count). The van der Waals surface area contributed by atoms with Gasteiger partial charge in [0.25, 0.3) is 0 Å². The minimum Gasteiger partial charge on any atom is -0.497 e. The van der Waals surface area contributed by atoms with E-state index in [1.165, 1.54) is 6.20 Å². The topological polar surface area (TPSA) is 62.7 Å². The maximum absolute atomic E-state index is 11.2. The number of aromatic nitrogens is 1. The molecule has 0 atom stereocenters. The molecule has 1 aromatic carbocycles. The van der Waals surface area contributed by atoms with E-state index in [1.54, 1.807) is 31.2 Å². The van der Waals surface area contributed by atoms with Gasteiger partial charge in [0.2, 0.25) is 0 Å². The molecule has 0 radical (unpaired) electrons. The SMILES string of the molecule is COc1cccc(N(C)c2cccnc2C(=O)O)c1. The van der Waals surface area contributed by atoms with Crippen LogP contribution in [0.2, 0.25) is 0 Å². The zero-order valence-electron chi connectivity index (χ0n) is 10.7. The molecule has 0 amide bonds. The molecule has 0 spiro atoms. The molecule has 1 heterocycles. The number of rotatable bonds is 4. The van der Waals surface area contributed by atoms with Crippen LogP contribution < -0.4 is 9.64 Å². The predicted octanol–water partition coefficient (Wildman–Crippen LogP) is 2.56. The highest BCUT2D eigenvalue weighted by Gasteiger charge is 2.15. The second-order valence-electron chi connectivity index (χ2n) is 3.94. The number of ether oxygens (including phenoxy) is 1. The number of methoxy groups -OCH3 is 1. The third kappa shape index (κ3) is 2.65. The Bertz CT molecular complexity index is 599. The van der Waals surface area contributed by atoms with Gasteiger partial charge in [-0.1, -0.05) is 6.07 Å². The second-order valence-corrected chi connectivity index (χ2v) is 3.94. The van der Waals surface area contributed by atoms with Crippen LogP contribution in [0.25, 0.3) is 0 Å². The zero-order valence-corrected chi connectivity index (χ0v) is 10.7. The maximum atomic E-state index is 11.2. The lowest BCUT2D eigenvalue weighted by Gasteiger charge is -2.21. The third-order valence-electron chi connectivity index (χ3n) is 2.79. The molecule has 5 heteroatoms. The van der Waals surface area contributed by atoms with Crippen molar-refractivity contribution in [2.75, 3.05) is 19.1 Å². The summed E-state index contributed by atoms with van der Waals surface area (Å²) in [5.41, 5.74) is 1.38. The van der Waals surface area contributed by atoms with Gasteiger partial charge in [-0.05, 0) is 24.3 Å². The molecule has 5 nitrogen and oxygen atoms in total. The molecule has 0 saturated heterocycles. The van der Waals surface area contributed by atoms with Crippen molar-refractivity contribution in [1.29, 1.82) is 0 Å². The number of pyridine rings is 1. The Morgan fingerprint density at radius 2 is 2.11 bits per heavy atom. The molecule has 98 valence electrons. The molecule has 19 heavy (non-hydrogen) atoms. The number of benzene rings is 1. The number of carboxylic acids is 1. The Morgan fingerprint density at radius 3 is 2.79 bits per heavy atom. The fourth-order valence-corrected chi connectivity index (χ4v) is 1.79. The van der Waals surface area contributed by atoms with E-state index >= 15 is 0 Å². The van der Waals surface area contributed by atoms with E-state index in [4.69, 9.17) is 9.84 Å². The van der Waals surface area contributed by atoms with E-state index in [-0.39, 0.29) is 5.69 Å². The van der Waals surface area contributed by atoms with Crippen molar-refractivity contribution in [3.8, 4) is 5.75 Å². The number of nitrogens with zero attached hydrogens (tertiary/aromatic N) is 2. The van der Waals surface area contributed by atoms with Crippen molar-refractivity contribution in [2.24, 2.45) is 0 Å². The van der Waals surface area contributed by atoms with Crippen molar-refractivity contribution in [3.05, 3.63) is 48.3 Å². The van der Waals surface area contributed by atoms with Crippen molar-refractivity contribution >= 4 is 17.3 Å². The summed E-state index contributed by atoms with van der Waals surface area (Å²) >= 11 is 0. The number of aromatic carboxylic acids is 1. The molecule has 0 bridgehead atoms. The summed E-state index contributed by atoms with van der Waals surface area (Å²) < 4.78 is 5.16. The molecule has 0 fully saturated rings. The van der Waals surface area contributed by atoms with Gasteiger partial charge in [0.1, 0.15) is 5.75 Å². The standard InChI is InChI=1S/C14H14N2O3/c1-16(10-5-3-6-11(9-10)19-2)12-7-4-8-15-13(12)14(17)18/h3-9H,1-2H3,(H,17,18). The molecular formula is C14H14N2O3. The van der Waals surface area contributed by atoms with Crippen LogP contribution >= 0.6 is 0 Å². The highest BCUT2D eigenvalue weighted by molar-refractivity contribution is 5.93. The van der Waals surface area contributed by atoms with E-state index in [1.807, 2.05) is 24.3 Å². The lowest BCUT2D eigenvalue weighted by atomic mass is 10.2. The van der Waals surface area contributed by atoms with E-state index in [9.17, 15) is 4.79 Å². The van der Waals surface area contributed by atoms with Crippen LogP contribution in [-0.2, 0) is 0 Å². The van der Waals surface area contributed by atoms with Gasteiger partial charge in [0.05, 0.1) is 12.8 Å². The molecular weight excluding hydrogens is 244 g/mol. The third-order valence-corrected chi connectivity index (χ3v) is 2.79. The first-order chi connectivity index (χ1) is 9.13. The number of hydrogen-bond donors (Lipinski definition) is 1. The summed E-state index contributed by atoms with van der Waals surface area (Å²) in [7, 11) is 3.38. The van der Waals surface area contributed by atoms with Crippen molar-refractivity contribution in [3.63, 3.8) is 0 Å². The van der Waals surface area contributed by atoms with Gasteiger partial charge in [-0.25, -0.2) is 9.78 Å². The lowest BCUT2D eigenvalue weighted by Crippen LogP contribution is -2.15. The van der Waals surface area contributed by atoms with Crippen LogP contribution in [0.15, 0.2) is 42.6 Å². The van der Waals surface area contributed by atoms with Crippen LogP contribution in [0.5, 0.6) is 5.75 Å². The summed E-state index contributed by atoms with van der Waals surface area (Å²) in [4.78, 5) is 16.8. The summed E-state index contributed by atoms with van der Waals surface area (Å²) in [5.74, 6) is -0.338. The molecule has 2 aromatic rings. The van der Waals surface area contributed by atoms with Crippen molar-refractivity contribution < 1.29 is 14.6 Å². The monoisotopic (exact) mass is 258 g/mol. The average molecular weight is 258 g/mol. The molecule has 0 aliphatic rings. The molecule has 1 N–H and O–H groups in total. The number of carbonyl (C=O) groups is 1. The Balaban J connectivity index is 2.43. The Hall–Kier alpha value is -2.56. The average Bonchev–Trinajstić information content (AvgIpc) is 2.46. The summed E-state index contributed by atoms with van der Waals surface area (Å²) in [6, 6.07) is 10.8. The fourth-order valence-electron chi connectivity index (χ4n) is 1.79. The molecule has 1 aromatic heterocycles. The minimum atomic E-state index is -1.05. The first-order valence-corrected chi connectivity index (χ1v) is 5.69. The van der Waals surface area contributed by atoms with Crippen LogP contribution in [0, 0.1) is 0 Å². The first kappa shape index (κ1) is 12.9. The predicted molar refractivity (Wildman–Crippen MR) is 72.3 cm³/mol. The Kier molecular flexibility index (Phi) is 3.66. The number of hydrogen-bond acceptors (Lipinski definition) is 4. The van der Waals surface area contributed by atoms with E-state index in [0.29, 0.717) is 11.4 Å². The zero-order chi connectivity index (χ0) is 13.8. The first-order valence-electron chi connectivity index (χ1n) is 5.69. The van der Waals surface area contributed by atoms with Crippen molar-refractivity contribution in [1.82, 2.24) is 4.98 Å². The van der Waals surface area contributed by atoms with Gasteiger partial charge in [-0.3, -0.25) is 0 Å². The highest BCUT2D eigenvalue weighted by atomic mass is 16.5. The molecule has 0 unspecified atom stereocenters. The van der Waals surface area contributed by atoms with Gasteiger partial charge in [-0.2, -0.15) is 0 Å². The van der Waals surface area contributed by atoms with Gasteiger partial charge in [0, 0.05) is 25.0 Å². The van der Waals surface area contributed by atoms with Crippen molar-refractivity contribution in [2.45, 2.75) is 0 Å². The van der Waals surface area contributed by atoms with Gasteiger partial charge in [-0.15, -0.1) is 0 Å². The van der Waals surface area contributed by atoms with E-state index in [0.717, 1.165) is 5.69 Å². The largest absolute Gasteiger partial charge is 0.497 e. The maximum Gasteiger partial charge on any atom is 0.356 e. The van der Waals surface area contributed by atoms with Gasteiger partial charge >= 0.3 is 5.97 Å². The van der Waals surface area contributed by atoms with Crippen LogP contribution in [-0.4, -0.2) is 30.2 Å². The van der Waals surface area contributed by atoms with Gasteiger partial charge in [0.15, 0.2) is 5.69 Å². The number of carboxylic acid groups (broad SMARTS) is 1. The summed E-state index contributed by atoms with van der Waals surface area (Å²) in [5, 5.41) is 9.15. The van der Waals surface area contributed by atoms with Crippen LogP contribution in [0.1, 0.15) is 10.5 Å². The highest BCUT2D eigenvalue weighted by Crippen LogP contribution is 2.28. The van der Waals surface area contributed by atoms with Crippen LogP contribution in [0.4, 0.5) is 11.4 Å². The Morgan fingerprint density at radius 1 is 1.32 bits per heavy atom. The normalized spacial score (nSPS) is 10.0. The second kappa shape index (κ2) is 5.39.